The Hall–Kier alpha value is -2.37. The number of carbonyl (C=O) groups excluding carboxylic acids is 3. The van der Waals surface area contributed by atoms with Crippen molar-refractivity contribution in [3.05, 3.63) is 24.3 Å². The fourth-order valence-electron chi connectivity index (χ4n) is 2.55. The van der Waals surface area contributed by atoms with Gasteiger partial charge in [0.05, 0.1) is 0 Å². The lowest BCUT2D eigenvalue weighted by molar-refractivity contribution is -0.145. The highest BCUT2D eigenvalue weighted by atomic mass is 16.2. The Morgan fingerprint density at radius 3 is 2.18 bits per heavy atom. The Balaban J connectivity index is 1.96. The zero-order valence-corrected chi connectivity index (χ0v) is 12.9. The summed E-state index contributed by atoms with van der Waals surface area (Å²) < 4.78 is 0. The van der Waals surface area contributed by atoms with Crippen molar-refractivity contribution in [1.82, 2.24) is 4.90 Å². The second kappa shape index (κ2) is 7.06. The number of anilines is 2. The maximum atomic E-state index is 12.2. The minimum absolute atomic E-state index is 0.106. The van der Waals surface area contributed by atoms with Crippen LogP contribution in [-0.4, -0.2) is 35.2 Å². The largest absolute Gasteiger partial charge is 0.332 e. The molecule has 22 heavy (non-hydrogen) atoms. The Bertz CT molecular complexity index is 569. The van der Waals surface area contributed by atoms with Crippen LogP contribution in [0.4, 0.5) is 11.4 Å². The van der Waals surface area contributed by atoms with Crippen LogP contribution in [-0.2, 0) is 14.4 Å². The Morgan fingerprint density at radius 2 is 1.64 bits per heavy atom. The number of amides is 3. The maximum Gasteiger partial charge on any atom is 0.313 e. The number of carbonyl (C=O) groups is 3. The lowest BCUT2D eigenvalue weighted by Gasteiger charge is -2.32. The lowest BCUT2D eigenvalue weighted by atomic mass is 10.0. The van der Waals surface area contributed by atoms with Gasteiger partial charge in [0.15, 0.2) is 0 Å². The third-order valence-corrected chi connectivity index (χ3v) is 3.72. The molecule has 1 saturated heterocycles. The monoisotopic (exact) mass is 303 g/mol. The van der Waals surface area contributed by atoms with Gasteiger partial charge in [0.1, 0.15) is 0 Å². The fraction of sp³-hybridized carbons (Fsp3) is 0.438. The lowest BCUT2D eigenvalue weighted by Crippen LogP contribution is -2.47. The van der Waals surface area contributed by atoms with E-state index < -0.39 is 11.8 Å². The molecule has 1 aliphatic rings. The van der Waals surface area contributed by atoms with Crippen molar-refractivity contribution in [2.75, 3.05) is 17.2 Å². The molecule has 2 rings (SSSR count). The van der Waals surface area contributed by atoms with Crippen LogP contribution in [0.15, 0.2) is 24.3 Å². The molecule has 1 unspecified atom stereocenters. The van der Waals surface area contributed by atoms with Crippen molar-refractivity contribution in [2.24, 2.45) is 0 Å². The minimum Gasteiger partial charge on any atom is -0.332 e. The zero-order chi connectivity index (χ0) is 16.1. The first-order valence-corrected chi connectivity index (χ1v) is 7.47. The number of benzene rings is 1. The van der Waals surface area contributed by atoms with E-state index in [1.165, 1.54) is 6.92 Å². The van der Waals surface area contributed by atoms with Gasteiger partial charge in [-0.2, -0.15) is 0 Å². The standard InChI is InChI=1S/C16H21N3O3/c1-11-5-3-4-10-19(11)16(22)15(21)18-14-8-6-13(7-9-14)17-12(2)20/h6-9,11H,3-5,10H2,1-2H3,(H,17,20)(H,18,21). The second-order valence-electron chi connectivity index (χ2n) is 5.56. The first-order chi connectivity index (χ1) is 10.5. The Labute approximate surface area is 129 Å². The molecule has 2 N–H and O–H groups in total. The van der Waals surface area contributed by atoms with E-state index in [4.69, 9.17) is 0 Å². The summed E-state index contributed by atoms with van der Waals surface area (Å²) in [6.07, 6.45) is 2.97. The van der Waals surface area contributed by atoms with Crippen molar-refractivity contribution in [3.8, 4) is 0 Å². The van der Waals surface area contributed by atoms with E-state index in [9.17, 15) is 14.4 Å². The van der Waals surface area contributed by atoms with Crippen LogP contribution in [0.3, 0.4) is 0 Å². The van der Waals surface area contributed by atoms with Crippen LogP contribution in [0.1, 0.15) is 33.1 Å². The van der Waals surface area contributed by atoms with Crippen LogP contribution in [0.25, 0.3) is 0 Å². The molecule has 0 radical (unpaired) electrons. The zero-order valence-electron chi connectivity index (χ0n) is 12.9. The molecule has 1 aromatic carbocycles. The maximum absolute atomic E-state index is 12.2. The fourth-order valence-corrected chi connectivity index (χ4v) is 2.55. The number of hydrogen-bond donors (Lipinski definition) is 2. The van der Waals surface area contributed by atoms with Crippen molar-refractivity contribution in [3.63, 3.8) is 0 Å². The van der Waals surface area contributed by atoms with E-state index in [0.717, 1.165) is 19.3 Å². The molecule has 1 atom stereocenters. The molecular formula is C16H21N3O3. The van der Waals surface area contributed by atoms with Crippen molar-refractivity contribution in [1.29, 1.82) is 0 Å². The van der Waals surface area contributed by atoms with Gasteiger partial charge in [-0.05, 0) is 50.5 Å². The molecule has 0 bridgehead atoms. The second-order valence-corrected chi connectivity index (χ2v) is 5.56. The number of hydrogen-bond acceptors (Lipinski definition) is 3. The predicted molar refractivity (Wildman–Crippen MR) is 84.4 cm³/mol. The normalized spacial score (nSPS) is 17.7. The third-order valence-electron chi connectivity index (χ3n) is 3.72. The van der Waals surface area contributed by atoms with E-state index in [1.807, 2.05) is 6.92 Å². The van der Waals surface area contributed by atoms with Crippen molar-refractivity contribution < 1.29 is 14.4 Å². The third kappa shape index (κ3) is 4.07. The molecule has 0 aromatic heterocycles. The molecule has 3 amide bonds. The molecule has 6 nitrogen and oxygen atoms in total. The molecule has 1 aliphatic heterocycles. The summed E-state index contributed by atoms with van der Waals surface area (Å²) in [6, 6.07) is 6.75. The average Bonchev–Trinajstić information content (AvgIpc) is 2.48. The van der Waals surface area contributed by atoms with E-state index >= 15 is 0 Å². The summed E-state index contributed by atoms with van der Waals surface area (Å²) in [5.41, 5.74) is 1.17. The van der Waals surface area contributed by atoms with Crippen molar-refractivity contribution >= 4 is 29.1 Å². The van der Waals surface area contributed by atoms with E-state index in [0.29, 0.717) is 17.9 Å². The number of nitrogens with zero attached hydrogens (tertiary/aromatic N) is 1. The van der Waals surface area contributed by atoms with E-state index in [-0.39, 0.29) is 11.9 Å². The topological polar surface area (TPSA) is 78.5 Å². The van der Waals surface area contributed by atoms with Gasteiger partial charge < -0.3 is 15.5 Å². The van der Waals surface area contributed by atoms with Crippen LogP contribution in [0.2, 0.25) is 0 Å². The van der Waals surface area contributed by atoms with Gasteiger partial charge in [-0.25, -0.2) is 0 Å². The summed E-state index contributed by atoms with van der Waals surface area (Å²) in [7, 11) is 0. The number of likely N-dealkylation sites (tertiary alicyclic amines) is 1. The molecular weight excluding hydrogens is 282 g/mol. The van der Waals surface area contributed by atoms with Gasteiger partial charge in [0.2, 0.25) is 5.91 Å². The summed E-state index contributed by atoms with van der Waals surface area (Å²) >= 11 is 0. The van der Waals surface area contributed by atoms with E-state index in [2.05, 4.69) is 10.6 Å². The quantitative estimate of drug-likeness (QED) is 0.820. The molecule has 0 aliphatic carbocycles. The first-order valence-electron chi connectivity index (χ1n) is 7.47. The molecule has 118 valence electrons. The highest BCUT2D eigenvalue weighted by Crippen LogP contribution is 2.18. The van der Waals surface area contributed by atoms with Crippen LogP contribution in [0, 0.1) is 0 Å². The average molecular weight is 303 g/mol. The summed E-state index contributed by atoms with van der Waals surface area (Å²) in [4.78, 5) is 36.8. The molecule has 1 heterocycles. The molecule has 0 saturated carbocycles. The van der Waals surface area contributed by atoms with Gasteiger partial charge in [0.25, 0.3) is 0 Å². The Morgan fingerprint density at radius 1 is 1.05 bits per heavy atom. The van der Waals surface area contributed by atoms with Crippen LogP contribution >= 0.6 is 0 Å². The summed E-state index contributed by atoms with van der Waals surface area (Å²) in [6.45, 7) is 4.02. The number of piperidine rings is 1. The predicted octanol–water partition coefficient (Wildman–Crippen LogP) is 1.98. The minimum atomic E-state index is -0.624. The van der Waals surface area contributed by atoms with E-state index in [1.54, 1.807) is 29.2 Å². The highest BCUT2D eigenvalue weighted by Gasteiger charge is 2.28. The Kier molecular flexibility index (Phi) is 5.14. The first kappa shape index (κ1) is 16.0. The van der Waals surface area contributed by atoms with Gasteiger partial charge in [0, 0.05) is 30.9 Å². The van der Waals surface area contributed by atoms with Gasteiger partial charge >= 0.3 is 11.8 Å². The van der Waals surface area contributed by atoms with Crippen LogP contribution in [0.5, 0.6) is 0 Å². The number of nitrogens with one attached hydrogen (secondary N) is 2. The van der Waals surface area contributed by atoms with Crippen LogP contribution < -0.4 is 10.6 Å². The summed E-state index contributed by atoms with van der Waals surface area (Å²) in [5, 5.41) is 5.24. The summed E-state index contributed by atoms with van der Waals surface area (Å²) in [5.74, 6) is -1.27. The van der Waals surface area contributed by atoms with Gasteiger partial charge in [-0.1, -0.05) is 0 Å². The van der Waals surface area contributed by atoms with Gasteiger partial charge in [-0.15, -0.1) is 0 Å². The van der Waals surface area contributed by atoms with Crippen molar-refractivity contribution in [2.45, 2.75) is 39.2 Å². The smallest absolute Gasteiger partial charge is 0.313 e. The SMILES string of the molecule is CC(=O)Nc1ccc(NC(=O)C(=O)N2CCCCC2C)cc1. The molecule has 0 spiro atoms. The molecule has 1 aromatic rings. The highest BCUT2D eigenvalue weighted by molar-refractivity contribution is 6.39. The molecule has 1 fully saturated rings. The number of rotatable bonds is 2. The van der Waals surface area contributed by atoms with Gasteiger partial charge in [-0.3, -0.25) is 14.4 Å². The molecule has 6 heteroatoms.